The van der Waals surface area contributed by atoms with Crippen LogP contribution in [0.3, 0.4) is 0 Å². The predicted octanol–water partition coefficient (Wildman–Crippen LogP) is 6.23. The van der Waals surface area contributed by atoms with E-state index in [1.165, 1.54) is 31.4 Å². The number of aromatic carboxylic acids is 1. The molecule has 0 spiro atoms. The summed E-state index contributed by atoms with van der Waals surface area (Å²) in [6.07, 6.45) is 0.450. The van der Waals surface area contributed by atoms with Crippen molar-refractivity contribution in [2.45, 2.75) is 19.4 Å². The summed E-state index contributed by atoms with van der Waals surface area (Å²) in [7, 11) is 1.40. The summed E-state index contributed by atoms with van der Waals surface area (Å²) < 4.78 is 47.4. The number of anilines is 1. The molecule has 1 atom stereocenters. The van der Waals surface area contributed by atoms with Crippen molar-refractivity contribution in [3.8, 4) is 5.75 Å². The Morgan fingerprint density at radius 1 is 1.09 bits per heavy atom. The molecule has 176 valence electrons. The number of nitrogens with zero attached hydrogens (tertiary/aromatic N) is 2. The van der Waals surface area contributed by atoms with E-state index in [2.05, 4.69) is 4.98 Å². The highest BCUT2D eigenvalue weighted by Crippen LogP contribution is 2.36. The first kappa shape index (κ1) is 23.6. The first-order chi connectivity index (χ1) is 16.3. The van der Waals surface area contributed by atoms with Crippen LogP contribution in [-0.2, 0) is 6.42 Å². The number of benzene rings is 3. The third-order valence-corrected chi connectivity index (χ3v) is 6.73. The van der Waals surface area contributed by atoms with Crippen LogP contribution in [0.4, 0.5) is 18.3 Å². The molecule has 1 unspecified atom stereocenters. The summed E-state index contributed by atoms with van der Waals surface area (Å²) in [5, 5.41) is 9.65. The highest BCUT2D eigenvalue weighted by Gasteiger charge is 2.22. The molecule has 0 saturated carbocycles. The second-order valence-corrected chi connectivity index (χ2v) is 8.73. The van der Waals surface area contributed by atoms with E-state index >= 15 is 0 Å². The van der Waals surface area contributed by atoms with Crippen LogP contribution in [0, 0.1) is 17.5 Å². The average molecular weight is 487 g/mol. The van der Waals surface area contributed by atoms with Crippen LogP contribution >= 0.6 is 11.3 Å². The number of hydrogen-bond donors (Lipinski definition) is 1. The van der Waals surface area contributed by atoms with Crippen molar-refractivity contribution in [3.05, 3.63) is 88.7 Å². The molecule has 1 aromatic heterocycles. The Labute approximate surface area is 198 Å². The van der Waals surface area contributed by atoms with Crippen molar-refractivity contribution in [1.82, 2.24) is 4.98 Å². The quantitative estimate of drug-likeness (QED) is 0.320. The van der Waals surface area contributed by atoms with Gasteiger partial charge >= 0.3 is 5.97 Å². The van der Waals surface area contributed by atoms with E-state index in [0.29, 0.717) is 18.1 Å². The lowest BCUT2D eigenvalue weighted by atomic mass is 10.0. The molecule has 4 aromatic rings. The Kier molecular flexibility index (Phi) is 6.74. The van der Waals surface area contributed by atoms with Gasteiger partial charge in [-0.1, -0.05) is 29.5 Å². The minimum Gasteiger partial charge on any atom is -0.494 e. The largest absolute Gasteiger partial charge is 0.494 e. The van der Waals surface area contributed by atoms with Crippen molar-refractivity contribution in [2.75, 3.05) is 18.6 Å². The van der Waals surface area contributed by atoms with Gasteiger partial charge in [-0.3, -0.25) is 0 Å². The molecule has 9 heteroatoms. The Morgan fingerprint density at radius 2 is 1.82 bits per heavy atom. The van der Waals surface area contributed by atoms with Crippen molar-refractivity contribution < 1.29 is 27.8 Å². The summed E-state index contributed by atoms with van der Waals surface area (Å²) >= 11 is 1.10. The minimum absolute atomic E-state index is 0.149. The molecule has 0 aliphatic carbocycles. The molecule has 0 fully saturated rings. The number of carboxylic acids is 1. The van der Waals surface area contributed by atoms with E-state index in [9.17, 15) is 23.1 Å². The summed E-state index contributed by atoms with van der Waals surface area (Å²) in [6, 6.07) is 12.9. The fourth-order valence-electron chi connectivity index (χ4n) is 3.72. The van der Waals surface area contributed by atoms with Crippen LogP contribution in [0.5, 0.6) is 5.75 Å². The number of thiazole rings is 1. The maximum absolute atomic E-state index is 14.3. The van der Waals surface area contributed by atoms with Crippen LogP contribution in [0.15, 0.2) is 54.6 Å². The molecule has 34 heavy (non-hydrogen) atoms. The van der Waals surface area contributed by atoms with Crippen LogP contribution < -0.4 is 9.64 Å². The summed E-state index contributed by atoms with van der Waals surface area (Å²) in [6.45, 7) is 2.31. The topological polar surface area (TPSA) is 62.7 Å². The Hall–Kier alpha value is -3.59. The number of carbonyl (C=O) groups is 1. The third kappa shape index (κ3) is 4.84. The third-order valence-electron chi connectivity index (χ3n) is 5.61. The Balaban J connectivity index is 1.69. The summed E-state index contributed by atoms with van der Waals surface area (Å²) in [4.78, 5) is 17.6. The average Bonchev–Trinajstić information content (AvgIpc) is 3.23. The standard InChI is InChI=1S/C25H21F3N2O3S/c1-14(16-4-6-17(7-5-16)24(31)32)30(10-9-15-3-8-22(33-2)19(27)11-15)25-29-21-13-18(26)12-20(28)23(21)34-25/h3-8,11-14H,9-10H2,1-2H3,(H,31,32). The number of halogens is 3. The van der Waals surface area contributed by atoms with Gasteiger partial charge in [0.05, 0.1) is 28.9 Å². The van der Waals surface area contributed by atoms with Gasteiger partial charge in [-0.05, 0) is 48.7 Å². The molecular weight excluding hydrogens is 465 g/mol. The van der Waals surface area contributed by atoms with E-state index in [4.69, 9.17) is 4.74 Å². The molecule has 0 bridgehead atoms. The van der Waals surface area contributed by atoms with Crippen molar-refractivity contribution in [2.24, 2.45) is 0 Å². The number of fused-ring (bicyclic) bond motifs is 1. The molecule has 3 aromatic carbocycles. The van der Waals surface area contributed by atoms with Gasteiger partial charge in [0, 0.05) is 18.7 Å². The van der Waals surface area contributed by atoms with E-state index in [0.717, 1.165) is 28.5 Å². The van der Waals surface area contributed by atoms with Crippen molar-refractivity contribution in [3.63, 3.8) is 0 Å². The first-order valence-corrected chi connectivity index (χ1v) is 11.3. The zero-order valence-electron chi connectivity index (χ0n) is 18.4. The van der Waals surface area contributed by atoms with Gasteiger partial charge in [0.25, 0.3) is 0 Å². The molecule has 1 N–H and O–H groups in total. The molecular formula is C25H21F3N2O3S. The first-order valence-electron chi connectivity index (χ1n) is 10.4. The zero-order valence-corrected chi connectivity index (χ0v) is 19.2. The van der Waals surface area contributed by atoms with E-state index in [-0.39, 0.29) is 27.6 Å². The smallest absolute Gasteiger partial charge is 0.335 e. The van der Waals surface area contributed by atoms with Crippen molar-refractivity contribution >= 4 is 32.7 Å². The van der Waals surface area contributed by atoms with Crippen LogP contribution in [0.1, 0.15) is 34.5 Å². The second-order valence-electron chi connectivity index (χ2n) is 7.75. The monoisotopic (exact) mass is 486 g/mol. The van der Waals surface area contributed by atoms with Gasteiger partial charge in [0.2, 0.25) is 0 Å². The lowest BCUT2D eigenvalue weighted by Gasteiger charge is -2.29. The molecule has 0 radical (unpaired) electrons. The lowest BCUT2D eigenvalue weighted by Crippen LogP contribution is -2.29. The number of rotatable bonds is 8. The fraction of sp³-hybridized carbons (Fsp3) is 0.200. The van der Waals surface area contributed by atoms with Crippen LogP contribution in [0.2, 0.25) is 0 Å². The predicted molar refractivity (Wildman–Crippen MR) is 125 cm³/mol. The maximum Gasteiger partial charge on any atom is 0.335 e. The Bertz CT molecular complexity index is 1340. The molecule has 1 heterocycles. The molecule has 0 amide bonds. The molecule has 5 nitrogen and oxygen atoms in total. The number of carboxylic acid groups (broad SMARTS) is 1. The zero-order chi connectivity index (χ0) is 24.4. The van der Waals surface area contributed by atoms with Gasteiger partial charge in [0.1, 0.15) is 11.6 Å². The molecule has 4 rings (SSSR count). The van der Waals surface area contributed by atoms with Gasteiger partial charge in [0.15, 0.2) is 16.7 Å². The van der Waals surface area contributed by atoms with E-state index in [1.54, 1.807) is 24.3 Å². The summed E-state index contributed by atoms with van der Waals surface area (Å²) in [5.41, 5.74) is 1.92. The maximum atomic E-state index is 14.3. The minimum atomic E-state index is -1.03. The van der Waals surface area contributed by atoms with Gasteiger partial charge in [-0.2, -0.15) is 0 Å². The number of methoxy groups -OCH3 is 1. The fourth-order valence-corrected chi connectivity index (χ4v) is 4.78. The molecule has 0 aliphatic rings. The van der Waals surface area contributed by atoms with Crippen molar-refractivity contribution in [1.29, 1.82) is 0 Å². The SMILES string of the molecule is COc1ccc(CCN(c2nc3cc(F)cc(F)c3s2)C(C)c2ccc(C(=O)O)cc2)cc1F. The highest BCUT2D eigenvalue weighted by atomic mass is 32.1. The number of ether oxygens (including phenoxy) is 1. The van der Waals surface area contributed by atoms with Gasteiger partial charge < -0.3 is 14.7 Å². The van der Waals surface area contributed by atoms with Crippen LogP contribution in [-0.4, -0.2) is 29.7 Å². The highest BCUT2D eigenvalue weighted by molar-refractivity contribution is 7.22. The number of hydrogen-bond acceptors (Lipinski definition) is 5. The van der Waals surface area contributed by atoms with Gasteiger partial charge in [-0.25, -0.2) is 22.9 Å². The second kappa shape index (κ2) is 9.72. The van der Waals surface area contributed by atoms with E-state index in [1.807, 2.05) is 11.8 Å². The molecule has 0 saturated heterocycles. The van der Waals surface area contributed by atoms with E-state index < -0.39 is 23.4 Å². The lowest BCUT2D eigenvalue weighted by molar-refractivity contribution is 0.0697. The Morgan fingerprint density at radius 3 is 2.47 bits per heavy atom. The van der Waals surface area contributed by atoms with Gasteiger partial charge in [-0.15, -0.1) is 0 Å². The molecule has 0 aliphatic heterocycles. The summed E-state index contributed by atoms with van der Waals surface area (Å²) in [5.74, 6) is -2.74. The number of aromatic nitrogens is 1. The normalized spacial score (nSPS) is 12.0. The van der Waals surface area contributed by atoms with Crippen LogP contribution in [0.25, 0.3) is 10.2 Å².